The van der Waals surface area contributed by atoms with Gasteiger partial charge in [0.2, 0.25) is 0 Å². The van der Waals surface area contributed by atoms with Crippen molar-refractivity contribution in [3.63, 3.8) is 0 Å². The molecule has 0 unspecified atom stereocenters. The van der Waals surface area contributed by atoms with Crippen molar-refractivity contribution in [3.05, 3.63) is 0 Å². The van der Waals surface area contributed by atoms with Crippen molar-refractivity contribution < 1.29 is 0 Å². The quantitative estimate of drug-likeness (QED) is 0.450. The van der Waals surface area contributed by atoms with Crippen molar-refractivity contribution in [1.82, 2.24) is 5.01 Å². The number of guanidine groups is 1. The van der Waals surface area contributed by atoms with E-state index in [1.165, 1.54) is 0 Å². The van der Waals surface area contributed by atoms with Gasteiger partial charge in [-0.15, -0.1) is 5.10 Å². The summed E-state index contributed by atoms with van der Waals surface area (Å²) in [4.78, 5) is 3.94. The molecule has 0 aromatic carbocycles. The van der Waals surface area contributed by atoms with Crippen LogP contribution < -0.4 is 0 Å². The maximum Gasteiger partial charge on any atom is 0.266 e. The van der Waals surface area contributed by atoms with E-state index in [9.17, 15) is 0 Å². The summed E-state index contributed by atoms with van der Waals surface area (Å²) >= 11 is 0. The van der Waals surface area contributed by atoms with Crippen LogP contribution in [0, 0.1) is 0 Å². The zero-order valence-electron chi connectivity index (χ0n) is 5.18. The van der Waals surface area contributed by atoms with Crippen molar-refractivity contribution in [2.24, 2.45) is 20.3 Å². The third-order valence-corrected chi connectivity index (χ3v) is 1.18. The highest BCUT2D eigenvalue weighted by molar-refractivity contribution is 6.20. The first-order valence-electron chi connectivity index (χ1n) is 2.90. The van der Waals surface area contributed by atoms with Gasteiger partial charge in [-0.3, -0.25) is 0 Å². The summed E-state index contributed by atoms with van der Waals surface area (Å²) in [5, 5.41) is 13.1. The molecule has 0 fully saturated rings. The Morgan fingerprint density at radius 3 is 3.30 bits per heavy atom. The molecule has 0 atom stereocenters. The van der Waals surface area contributed by atoms with Gasteiger partial charge in [0.05, 0.1) is 19.0 Å². The van der Waals surface area contributed by atoms with Crippen LogP contribution in [0.4, 0.5) is 0 Å². The number of nitrogens with zero attached hydrogens (tertiary/aromatic N) is 5. The summed E-state index contributed by atoms with van der Waals surface area (Å²) in [6.45, 7) is 0.659. The molecule has 0 aromatic rings. The Bertz CT molecular complexity index is 249. The maximum atomic E-state index is 3.99. The summed E-state index contributed by atoms with van der Waals surface area (Å²) in [5.74, 6) is 0.560. The Balaban J connectivity index is 2.34. The largest absolute Gasteiger partial charge is 0.266 e. The van der Waals surface area contributed by atoms with Crippen LogP contribution >= 0.6 is 0 Å². The van der Waals surface area contributed by atoms with Gasteiger partial charge < -0.3 is 0 Å². The normalized spacial score (nSPS) is 20.8. The fourth-order valence-corrected chi connectivity index (χ4v) is 0.741. The molecule has 2 aliphatic heterocycles. The van der Waals surface area contributed by atoms with Crippen molar-refractivity contribution in [1.29, 1.82) is 0 Å². The molecule has 0 N–H and O–H groups in total. The maximum absolute atomic E-state index is 3.99. The molecule has 0 aromatic heterocycles. The van der Waals surface area contributed by atoms with Gasteiger partial charge >= 0.3 is 0 Å². The summed E-state index contributed by atoms with van der Waals surface area (Å²) < 4.78 is 0. The van der Waals surface area contributed by atoms with Gasteiger partial charge in [0, 0.05) is 6.21 Å². The Hall–Kier alpha value is -1.52. The molecule has 0 radical (unpaired) electrons. The van der Waals surface area contributed by atoms with Crippen molar-refractivity contribution in [2.75, 3.05) is 6.54 Å². The number of hydrazone groups is 1. The molecule has 2 rings (SSSR count). The van der Waals surface area contributed by atoms with E-state index in [1.807, 2.05) is 0 Å². The van der Waals surface area contributed by atoms with Crippen LogP contribution in [0.1, 0.15) is 0 Å². The molecule has 5 heteroatoms. The van der Waals surface area contributed by atoms with Gasteiger partial charge in [0.1, 0.15) is 0 Å². The number of fused-ring (bicyclic) bond motifs is 1. The number of hydrogen-bond donors (Lipinski definition) is 0. The highest BCUT2D eigenvalue weighted by atomic mass is 15.6. The molecule has 10 heavy (non-hydrogen) atoms. The lowest BCUT2D eigenvalue weighted by molar-refractivity contribution is 0.498. The Labute approximate surface area is 57.5 Å². The van der Waals surface area contributed by atoms with Crippen LogP contribution in [-0.4, -0.2) is 36.2 Å². The van der Waals surface area contributed by atoms with Crippen LogP contribution in [0.3, 0.4) is 0 Å². The highest BCUT2D eigenvalue weighted by Crippen LogP contribution is 2.00. The first kappa shape index (κ1) is 5.28. The van der Waals surface area contributed by atoms with Gasteiger partial charge in [0.25, 0.3) is 5.96 Å². The van der Waals surface area contributed by atoms with Crippen molar-refractivity contribution in [3.8, 4) is 0 Å². The van der Waals surface area contributed by atoms with Gasteiger partial charge in [-0.25, -0.2) is 10.0 Å². The van der Waals surface area contributed by atoms with E-state index in [2.05, 4.69) is 20.3 Å². The van der Waals surface area contributed by atoms with Gasteiger partial charge in [-0.1, -0.05) is 0 Å². The summed E-state index contributed by atoms with van der Waals surface area (Å²) in [5.41, 5.74) is 0. The molecule has 50 valence electrons. The molecule has 0 aliphatic carbocycles. The lowest BCUT2D eigenvalue weighted by atomic mass is 10.6. The van der Waals surface area contributed by atoms with Gasteiger partial charge in [0.15, 0.2) is 0 Å². The SMILES string of the molecule is C1=NN=C2N=CC=NN2C1. The predicted octanol–water partition coefficient (Wildman–Crippen LogP) is -0.286. The third-order valence-electron chi connectivity index (χ3n) is 1.18. The molecule has 0 amide bonds. The molecular weight excluding hydrogens is 130 g/mol. The number of hydrogen-bond acceptors (Lipinski definition) is 5. The number of rotatable bonds is 0. The highest BCUT2D eigenvalue weighted by Gasteiger charge is 2.11. The zero-order chi connectivity index (χ0) is 6.81. The smallest absolute Gasteiger partial charge is 0.225 e. The van der Waals surface area contributed by atoms with Crippen molar-refractivity contribution in [2.45, 2.75) is 0 Å². The van der Waals surface area contributed by atoms with E-state index in [1.54, 1.807) is 23.7 Å². The van der Waals surface area contributed by atoms with E-state index in [0.29, 0.717) is 12.5 Å². The van der Waals surface area contributed by atoms with Crippen LogP contribution in [0.5, 0.6) is 0 Å². The van der Waals surface area contributed by atoms with E-state index >= 15 is 0 Å². The van der Waals surface area contributed by atoms with Crippen LogP contribution in [0.2, 0.25) is 0 Å². The number of aliphatic imine (C=N–C) groups is 1. The fraction of sp³-hybridized carbons (Fsp3) is 0.200. The minimum Gasteiger partial charge on any atom is -0.225 e. The third kappa shape index (κ3) is 0.717. The van der Waals surface area contributed by atoms with Gasteiger partial charge in [-0.2, -0.15) is 10.2 Å². The Morgan fingerprint density at radius 1 is 1.40 bits per heavy atom. The lowest BCUT2D eigenvalue weighted by Gasteiger charge is -2.18. The second-order valence-corrected chi connectivity index (χ2v) is 1.82. The molecule has 5 nitrogen and oxygen atoms in total. The van der Waals surface area contributed by atoms with E-state index < -0.39 is 0 Å². The Kier molecular flexibility index (Phi) is 1.06. The topological polar surface area (TPSA) is 52.7 Å². The average Bonchev–Trinajstić information content (AvgIpc) is 2.05. The van der Waals surface area contributed by atoms with Crippen LogP contribution in [-0.2, 0) is 0 Å². The van der Waals surface area contributed by atoms with Crippen LogP contribution in [0.25, 0.3) is 0 Å². The molecule has 2 heterocycles. The second-order valence-electron chi connectivity index (χ2n) is 1.82. The van der Waals surface area contributed by atoms with Crippen LogP contribution in [0.15, 0.2) is 20.3 Å². The predicted molar refractivity (Wildman–Crippen MR) is 39.6 cm³/mol. The second kappa shape index (κ2) is 2.02. The molecule has 0 saturated carbocycles. The van der Waals surface area contributed by atoms with Gasteiger partial charge in [-0.05, 0) is 0 Å². The standard InChI is InChI=1S/C5H5N5/c1-2-8-10-4-3-7-9-5(10)6-1/h1-3H,4H2. The van der Waals surface area contributed by atoms with Crippen molar-refractivity contribution >= 4 is 24.6 Å². The van der Waals surface area contributed by atoms with E-state index in [0.717, 1.165) is 0 Å². The summed E-state index contributed by atoms with van der Waals surface area (Å²) in [7, 11) is 0. The molecule has 0 spiro atoms. The molecular formula is C5H5N5. The first-order valence-corrected chi connectivity index (χ1v) is 2.90. The monoisotopic (exact) mass is 135 g/mol. The molecule has 0 bridgehead atoms. The Morgan fingerprint density at radius 2 is 2.40 bits per heavy atom. The minimum atomic E-state index is 0.560. The zero-order valence-corrected chi connectivity index (χ0v) is 5.18. The van der Waals surface area contributed by atoms with E-state index in [-0.39, 0.29) is 0 Å². The minimum absolute atomic E-state index is 0.560. The molecule has 0 saturated heterocycles. The molecule has 2 aliphatic rings. The summed E-state index contributed by atoms with van der Waals surface area (Å²) in [6, 6.07) is 0. The first-order chi connectivity index (χ1) is 4.97. The fourth-order valence-electron chi connectivity index (χ4n) is 0.741. The summed E-state index contributed by atoms with van der Waals surface area (Å²) in [6.07, 6.45) is 4.90. The van der Waals surface area contributed by atoms with E-state index in [4.69, 9.17) is 0 Å². The lowest BCUT2D eigenvalue weighted by Crippen LogP contribution is -2.30. The average molecular weight is 135 g/mol.